The first-order valence-corrected chi connectivity index (χ1v) is 12.7. The van der Waals surface area contributed by atoms with Gasteiger partial charge < -0.3 is 4.43 Å². The van der Waals surface area contributed by atoms with Crippen LogP contribution >= 0.6 is 0 Å². The average molecular weight is 273 g/mol. The number of rotatable bonds is 7. The maximum absolute atomic E-state index is 6.71. The van der Waals surface area contributed by atoms with Crippen molar-refractivity contribution in [1.82, 2.24) is 0 Å². The summed E-state index contributed by atoms with van der Waals surface area (Å²) in [4.78, 5) is 0. The van der Waals surface area contributed by atoms with Crippen molar-refractivity contribution in [3.8, 4) is 0 Å². The predicted octanol–water partition coefficient (Wildman–Crippen LogP) is 4.76. The van der Waals surface area contributed by atoms with E-state index in [1.54, 1.807) is 0 Å². The predicted molar refractivity (Wildman–Crippen MR) is 85.0 cm³/mol. The SMILES string of the molecule is C=CC(C)(CC)[Si](C)(C)OC(C)(CC)[SiH](C)C. The van der Waals surface area contributed by atoms with Gasteiger partial charge in [0, 0.05) is 10.3 Å². The smallest absolute Gasteiger partial charge is 0.196 e. The van der Waals surface area contributed by atoms with E-state index in [0.717, 1.165) is 12.8 Å². The second-order valence-corrected chi connectivity index (χ2v) is 14.3. The van der Waals surface area contributed by atoms with Gasteiger partial charge in [0.1, 0.15) is 0 Å². The molecule has 0 bridgehead atoms. The van der Waals surface area contributed by atoms with Crippen LogP contribution < -0.4 is 0 Å². The second kappa shape index (κ2) is 5.85. The summed E-state index contributed by atoms with van der Waals surface area (Å²) in [7, 11) is -2.58. The van der Waals surface area contributed by atoms with E-state index < -0.39 is 17.1 Å². The second-order valence-electron chi connectivity index (χ2n) is 6.41. The van der Waals surface area contributed by atoms with Gasteiger partial charge in [0.25, 0.3) is 0 Å². The minimum atomic E-state index is -1.76. The molecule has 0 saturated carbocycles. The van der Waals surface area contributed by atoms with Gasteiger partial charge in [-0.3, -0.25) is 0 Å². The summed E-state index contributed by atoms with van der Waals surface area (Å²) in [6, 6.07) is 0. The fraction of sp³-hybridized carbons (Fsp3) is 0.857. The zero-order valence-electron chi connectivity index (χ0n) is 13.2. The summed E-state index contributed by atoms with van der Waals surface area (Å²) in [5, 5.41) is 0.307. The molecule has 17 heavy (non-hydrogen) atoms. The summed E-state index contributed by atoms with van der Waals surface area (Å²) < 4.78 is 6.71. The van der Waals surface area contributed by atoms with Gasteiger partial charge in [-0.25, -0.2) is 0 Å². The Balaban J connectivity index is 5.15. The van der Waals surface area contributed by atoms with Crippen molar-refractivity contribution in [2.24, 2.45) is 0 Å². The molecule has 0 rings (SSSR count). The highest BCUT2D eigenvalue weighted by Gasteiger charge is 2.46. The van der Waals surface area contributed by atoms with Crippen LogP contribution in [-0.4, -0.2) is 22.3 Å². The first-order chi connectivity index (χ1) is 7.58. The van der Waals surface area contributed by atoms with Gasteiger partial charge in [-0.05, 0) is 32.9 Å². The molecule has 2 unspecified atom stereocenters. The van der Waals surface area contributed by atoms with Gasteiger partial charge in [-0.15, -0.1) is 6.58 Å². The zero-order chi connectivity index (χ0) is 13.9. The Morgan fingerprint density at radius 3 is 1.88 bits per heavy atom. The molecule has 0 amide bonds. The molecular formula is C14H32OSi2. The van der Waals surface area contributed by atoms with E-state index in [4.69, 9.17) is 4.43 Å². The van der Waals surface area contributed by atoms with Gasteiger partial charge in [0.15, 0.2) is 8.32 Å². The van der Waals surface area contributed by atoms with Crippen molar-refractivity contribution < 1.29 is 4.43 Å². The summed E-state index contributed by atoms with van der Waals surface area (Å²) in [6.07, 6.45) is 4.37. The zero-order valence-corrected chi connectivity index (χ0v) is 15.3. The molecule has 0 aromatic rings. The molecule has 0 aromatic heterocycles. The van der Waals surface area contributed by atoms with E-state index >= 15 is 0 Å². The van der Waals surface area contributed by atoms with Crippen LogP contribution in [0.5, 0.6) is 0 Å². The third kappa shape index (κ3) is 3.55. The molecule has 0 radical (unpaired) electrons. The first-order valence-electron chi connectivity index (χ1n) is 6.92. The lowest BCUT2D eigenvalue weighted by Gasteiger charge is -2.47. The van der Waals surface area contributed by atoms with Gasteiger partial charge in [0.2, 0.25) is 0 Å². The minimum Gasteiger partial charge on any atom is -0.414 e. The Hall–Kier alpha value is 0.134. The van der Waals surface area contributed by atoms with Gasteiger partial charge in [-0.1, -0.05) is 39.9 Å². The molecular weight excluding hydrogens is 240 g/mol. The van der Waals surface area contributed by atoms with Crippen LogP contribution in [0.1, 0.15) is 40.5 Å². The Labute approximate surface area is 111 Å². The molecule has 0 heterocycles. The molecule has 0 spiro atoms. The molecule has 0 fully saturated rings. The third-order valence-electron chi connectivity index (χ3n) is 4.97. The monoisotopic (exact) mass is 272 g/mol. The highest BCUT2D eigenvalue weighted by Crippen LogP contribution is 2.45. The van der Waals surface area contributed by atoms with Crippen molar-refractivity contribution >= 4 is 17.1 Å². The lowest BCUT2D eigenvalue weighted by atomic mass is 10.1. The molecule has 0 saturated heterocycles. The fourth-order valence-corrected chi connectivity index (χ4v) is 7.64. The summed E-state index contributed by atoms with van der Waals surface area (Å²) >= 11 is 0. The summed E-state index contributed by atoms with van der Waals surface area (Å²) in [6.45, 7) is 22.7. The molecule has 2 atom stereocenters. The lowest BCUT2D eigenvalue weighted by molar-refractivity contribution is 0.145. The molecule has 0 aliphatic rings. The van der Waals surface area contributed by atoms with E-state index in [9.17, 15) is 0 Å². The molecule has 0 N–H and O–H groups in total. The van der Waals surface area contributed by atoms with Crippen LogP contribution in [0, 0.1) is 0 Å². The van der Waals surface area contributed by atoms with Gasteiger partial charge in [-0.2, -0.15) is 0 Å². The van der Waals surface area contributed by atoms with Crippen LogP contribution in [0.15, 0.2) is 12.7 Å². The van der Waals surface area contributed by atoms with E-state index in [-0.39, 0.29) is 10.3 Å². The molecule has 0 aliphatic carbocycles. The highest BCUT2D eigenvalue weighted by atomic mass is 28.4. The van der Waals surface area contributed by atoms with E-state index in [1.807, 2.05) is 0 Å². The fourth-order valence-electron chi connectivity index (χ4n) is 2.11. The van der Waals surface area contributed by atoms with Gasteiger partial charge in [0.05, 0.1) is 8.80 Å². The number of hydrogen-bond donors (Lipinski definition) is 0. The first kappa shape index (κ1) is 17.1. The van der Waals surface area contributed by atoms with Gasteiger partial charge >= 0.3 is 0 Å². The van der Waals surface area contributed by atoms with Crippen molar-refractivity contribution in [3.05, 3.63) is 12.7 Å². The van der Waals surface area contributed by atoms with Crippen molar-refractivity contribution in [2.75, 3.05) is 0 Å². The van der Waals surface area contributed by atoms with E-state index in [2.05, 4.69) is 66.5 Å². The molecule has 0 aliphatic heterocycles. The summed E-state index contributed by atoms with van der Waals surface area (Å²) in [5.74, 6) is 0. The Kier molecular flexibility index (Phi) is 5.90. The lowest BCUT2D eigenvalue weighted by Crippen LogP contribution is -2.54. The Morgan fingerprint density at radius 1 is 1.18 bits per heavy atom. The van der Waals surface area contributed by atoms with Crippen LogP contribution in [0.25, 0.3) is 0 Å². The topological polar surface area (TPSA) is 9.23 Å². The molecule has 102 valence electrons. The van der Waals surface area contributed by atoms with Crippen LogP contribution in [-0.2, 0) is 4.43 Å². The third-order valence-corrected chi connectivity index (χ3v) is 12.5. The normalized spacial score (nSPS) is 19.8. The van der Waals surface area contributed by atoms with E-state index in [1.165, 1.54) is 0 Å². The van der Waals surface area contributed by atoms with Crippen LogP contribution in [0.4, 0.5) is 0 Å². The van der Waals surface area contributed by atoms with Crippen molar-refractivity contribution in [2.45, 2.75) is 77.0 Å². The van der Waals surface area contributed by atoms with Crippen molar-refractivity contribution in [3.63, 3.8) is 0 Å². The van der Waals surface area contributed by atoms with Crippen LogP contribution in [0.2, 0.25) is 31.2 Å². The number of allylic oxidation sites excluding steroid dienone is 1. The highest BCUT2D eigenvalue weighted by molar-refractivity contribution is 6.76. The maximum atomic E-state index is 6.71. The molecule has 3 heteroatoms. The van der Waals surface area contributed by atoms with Crippen molar-refractivity contribution in [1.29, 1.82) is 0 Å². The summed E-state index contributed by atoms with van der Waals surface area (Å²) in [5.41, 5.74) is 0. The molecule has 0 aromatic carbocycles. The largest absolute Gasteiger partial charge is 0.414 e. The average Bonchev–Trinajstić information content (AvgIpc) is 2.26. The Morgan fingerprint density at radius 2 is 1.65 bits per heavy atom. The number of hydrogen-bond acceptors (Lipinski definition) is 1. The van der Waals surface area contributed by atoms with E-state index in [0.29, 0.717) is 0 Å². The Bertz CT molecular complexity index is 263. The van der Waals surface area contributed by atoms with Crippen LogP contribution in [0.3, 0.4) is 0 Å². The maximum Gasteiger partial charge on any atom is 0.196 e. The molecule has 1 nitrogen and oxygen atoms in total. The minimum absolute atomic E-state index is 0.134. The quantitative estimate of drug-likeness (QED) is 0.480. The standard InChI is InChI=1S/C14H32OSi2/c1-10-13(4,11-2)17(8,9)15-14(5,12-3)16(6)7/h10,16H,1,11-12H2,2-9H3.